The smallest absolute Gasteiger partial charge is 0.265 e. The van der Waals surface area contributed by atoms with Gasteiger partial charge in [-0.25, -0.2) is 0 Å². The minimum absolute atomic E-state index is 0.0625. The summed E-state index contributed by atoms with van der Waals surface area (Å²) in [6.45, 7) is 1.97. The third-order valence-electron chi connectivity index (χ3n) is 4.03. The molecule has 2 atom stereocenters. The molecule has 2 aromatic rings. The topological polar surface area (TPSA) is 99.9 Å². The molecule has 0 radical (unpaired) electrons. The molecule has 0 fully saturated rings. The monoisotopic (exact) mass is 380 g/mol. The molecule has 7 nitrogen and oxygen atoms in total. The van der Waals surface area contributed by atoms with Gasteiger partial charge in [-0.1, -0.05) is 36.1 Å². The molecule has 0 bridgehead atoms. The molecule has 1 aliphatic rings. The van der Waals surface area contributed by atoms with Crippen molar-refractivity contribution in [2.75, 3.05) is 13.2 Å². The van der Waals surface area contributed by atoms with Crippen LogP contribution in [0.3, 0.4) is 0 Å². The zero-order valence-electron chi connectivity index (χ0n) is 15.3. The van der Waals surface area contributed by atoms with Crippen molar-refractivity contribution in [2.24, 2.45) is 5.73 Å². The van der Waals surface area contributed by atoms with Gasteiger partial charge in [0.1, 0.15) is 18.5 Å². The average molecular weight is 380 g/mol. The van der Waals surface area contributed by atoms with Gasteiger partial charge in [0.05, 0.1) is 12.1 Å². The van der Waals surface area contributed by atoms with Crippen molar-refractivity contribution < 1.29 is 23.8 Å². The van der Waals surface area contributed by atoms with Gasteiger partial charge in [0.15, 0.2) is 11.5 Å². The SMILES string of the molecule is C[C@@H]1Oc2ccccc2O[C@H]1C(=O)NCC#CCOc1ccccc1C(N)=O. The Kier molecular flexibility index (Phi) is 6.02. The first-order valence-electron chi connectivity index (χ1n) is 8.73. The second kappa shape index (κ2) is 8.82. The second-order valence-corrected chi connectivity index (χ2v) is 6.03. The predicted molar refractivity (Wildman–Crippen MR) is 102 cm³/mol. The van der Waals surface area contributed by atoms with Crippen molar-refractivity contribution in [1.29, 1.82) is 0 Å². The summed E-state index contributed by atoms with van der Waals surface area (Å²) in [6, 6.07) is 13.9. The van der Waals surface area contributed by atoms with Gasteiger partial charge in [-0.15, -0.1) is 0 Å². The molecule has 2 aromatic carbocycles. The Balaban J connectivity index is 1.47. The zero-order valence-corrected chi connectivity index (χ0v) is 15.3. The molecule has 0 saturated heterocycles. The van der Waals surface area contributed by atoms with Gasteiger partial charge in [-0.2, -0.15) is 0 Å². The van der Waals surface area contributed by atoms with E-state index in [1.165, 1.54) is 0 Å². The second-order valence-electron chi connectivity index (χ2n) is 6.03. The van der Waals surface area contributed by atoms with Crippen LogP contribution in [0.2, 0.25) is 0 Å². The van der Waals surface area contributed by atoms with Crippen LogP contribution in [-0.2, 0) is 4.79 Å². The molecule has 7 heteroatoms. The van der Waals surface area contributed by atoms with Gasteiger partial charge < -0.3 is 25.3 Å². The average Bonchev–Trinajstić information content (AvgIpc) is 2.70. The maximum absolute atomic E-state index is 12.3. The van der Waals surface area contributed by atoms with Crippen molar-refractivity contribution in [3.63, 3.8) is 0 Å². The van der Waals surface area contributed by atoms with Crippen LogP contribution in [0.15, 0.2) is 48.5 Å². The number of nitrogens with one attached hydrogen (secondary N) is 1. The van der Waals surface area contributed by atoms with Crippen molar-refractivity contribution in [1.82, 2.24) is 5.32 Å². The van der Waals surface area contributed by atoms with E-state index in [0.717, 1.165) is 0 Å². The zero-order chi connectivity index (χ0) is 19.9. The number of fused-ring (bicyclic) bond motifs is 1. The fourth-order valence-electron chi connectivity index (χ4n) is 2.66. The van der Waals surface area contributed by atoms with Crippen molar-refractivity contribution in [3.05, 3.63) is 54.1 Å². The van der Waals surface area contributed by atoms with Crippen LogP contribution in [0.5, 0.6) is 17.2 Å². The molecule has 1 aliphatic heterocycles. The lowest BCUT2D eigenvalue weighted by atomic mass is 10.1. The first-order valence-corrected chi connectivity index (χ1v) is 8.73. The van der Waals surface area contributed by atoms with Crippen LogP contribution < -0.4 is 25.3 Å². The number of carbonyl (C=O) groups is 2. The Labute approximate surface area is 162 Å². The molecule has 0 spiro atoms. The van der Waals surface area contributed by atoms with Crippen LogP contribution in [0.4, 0.5) is 0 Å². The van der Waals surface area contributed by atoms with Gasteiger partial charge in [-0.05, 0) is 31.2 Å². The van der Waals surface area contributed by atoms with Crippen LogP contribution >= 0.6 is 0 Å². The Hall–Kier alpha value is -3.66. The van der Waals surface area contributed by atoms with Gasteiger partial charge in [0.2, 0.25) is 6.10 Å². The highest BCUT2D eigenvalue weighted by Crippen LogP contribution is 2.33. The lowest BCUT2D eigenvalue weighted by Crippen LogP contribution is -2.49. The summed E-state index contributed by atoms with van der Waals surface area (Å²) in [7, 11) is 0. The van der Waals surface area contributed by atoms with Crippen LogP contribution in [0.25, 0.3) is 0 Å². The summed E-state index contributed by atoms with van der Waals surface area (Å²) >= 11 is 0. The fraction of sp³-hybridized carbons (Fsp3) is 0.238. The van der Waals surface area contributed by atoms with Crippen molar-refractivity contribution >= 4 is 11.8 Å². The van der Waals surface area contributed by atoms with Crippen LogP contribution in [0, 0.1) is 11.8 Å². The largest absolute Gasteiger partial charge is 0.482 e. The molecule has 144 valence electrons. The Morgan fingerprint density at radius 2 is 1.75 bits per heavy atom. The molecule has 0 saturated carbocycles. The summed E-state index contributed by atoms with van der Waals surface area (Å²) < 4.78 is 16.9. The Morgan fingerprint density at radius 3 is 2.50 bits per heavy atom. The van der Waals surface area contributed by atoms with Crippen LogP contribution in [0.1, 0.15) is 17.3 Å². The Morgan fingerprint density at radius 1 is 1.07 bits per heavy atom. The molecule has 0 aliphatic carbocycles. The van der Waals surface area contributed by atoms with E-state index in [9.17, 15) is 9.59 Å². The summed E-state index contributed by atoms with van der Waals surface area (Å²) in [6.07, 6.45) is -1.17. The van der Waals surface area contributed by atoms with E-state index in [1.54, 1.807) is 43.3 Å². The normalized spacial score (nSPS) is 17.0. The van der Waals surface area contributed by atoms with E-state index in [4.69, 9.17) is 19.9 Å². The lowest BCUT2D eigenvalue weighted by molar-refractivity contribution is -0.133. The maximum Gasteiger partial charge on any atom is 0.265 e. The van der Waals surface area contributed by atoms with E-state index >= 15 is 0 Å². The standard InChI is InChI=1S/C21H20N2O5/c1-14-19(28-18-11-5-4-10-17(18)27-14)21(25)23-12-6-7-13-26-16-9-3-2-8-15(16)20(22)24/h2-5,8-11,14,19H,12-13H2,1H3,(H2,22,24)(H,23,25)/t14-,19+/m0/s1. The van der Waals surface area contributed by atoms with Gasteiger partial charge >= 0.3 is 0 Å². The first-order chi connectivity index (χ1) is 13.6. The number of amides is 2. The summed E-state index contributed by atoms with van der Waals surface area (Å²) in [4.78, 5) is 23.6. The maximum atomic E-state index is 12.3. The summed E-state index contributed by atoms with van der Waals surface area (Å²) in [5, 5.41) is 2.69. The number of benzene rings is 2. The lowest BCUT2D eigenvalue weighted by Gasteiger charge is -2.30. The number of carbonyl (C=O) groups excluding carboxylic acids is 2. The number of primary amides is 1. The van der Waals surface area contributed by atoms with Crippen molar-refractivity contribution in [2.45, 2.75) is 19.1 Å². The van der Waals surface area contributed by atoms with E-state index in [-0.39, 0.29) is 19.1 Å². The number of nitrogens with two attached hydrogens (primary N) is 1. The highest BCUT2D eigenvalue weighted by Gasteiger charge is 2.33. The molecule has 2 amide bonds. The summed E-state index contributed by atoms with van der Waals surface area (Å²) in [5.74, 6) is 6.21. The fourth-order valence-corrected chi connectivity index (χ4v) is 2.66. The number of ether oxygens (including phenoxy) is 3. The molecule has 0 aromatic heterocycles. The van der Waals surface area contributed by atoms with Crippen LogP contribution in [-0.4, -0.2) is 37.2 Å². The van der Waals surface area contributed by atoms with E-state index < -0.39 is 18.1 Å². The Bertz CT molecular complexity index is 932. The third-order valence-corrected chi connectivity index (χ3v) is 4.03. The highest BCUT2D eigenvalue weighted by atomic mass is 16.6. The molecule has 3 N–H and O–H groups in total. The molecular formula is C21H20N2O5. The quantitative estimate of drug-likeness (QED) is 0.766. The van der Waals surface area contributed by atoms with Gasteiger partial charge in [0, 0.05) is 0 Å². The third kappa shape index (κ3) is 4.54. The summed E-state index contributed by atoms with van der Waals surface area (Å²) in [5.41, 5.74) is 5.58. The first kappa shape index (κ1) is 19.1. The van der Waals surface area contributed by atoms with E-state index in [0.29, 0.717) is 22.8 Å². The van der Waals surface area contributed by atoms with E-state index in [1.807, 2.05) is 12.1 Å². The number of rotatable bonds is 5. The van der Waals surface area contributed by atoms with E-state index in [2.05, 4.69) is 17.2 Å². The number of hydrogen-bond donors (Lipinski definition) is 2. The minimum atomic E-state index is -0.754. The predicted octanol–water partition coefficient (Wildman–Crippen LogP) is 1.51. The van der Waals surface area contributed by atoms with Crippen molar-refractivity contribution in [3.8, 4) is 29.1 Å². The molecule has 1 heterocycles. The molecule has 28 heavy (non-hydrogen) atoms. The molecule has 3 rings (SSSR count). The highest BCUT2D eigenvalue weighted by molar-refractivity contribution is 5.95. The van der Waals surface area contributed by atoms with Gasteiger partial charge in [0.25, 0.3) is 11.8 Å². The number of hydrogen-bond acceptors (Lipinski definition) is 5. The van der Waals surface area contributed by atoms with Gasteiger partial charge in [-0.3, -0.25) is 9.59 Å². The molecular weight excluding hydrogens is 360 g/mol. The number of para-hydroxylation sites is 3. The molecule has 0 unspecified atom stereocenters. The minimum Gasteiger partial charge on any atom is -0.482 e.